The van der Waals surface area contributed by atoms with Gasteiger partial charge in [0.15, 0.2) is 11.6 Å². The Bertz CT molecular complexity index is 431. The molecule has 2 heterocycles. The van der Waals surface area contributed by atoms with Gasteiger partial charge >= 0.3 is 0 Å². The fourth-order valence-corrected chi connectivity index (χ4v) is 2.98. The highest BCUT2D eigenvalue weighted by Gasteiger charge is 2.33. The van der Waals surface area contributed by atoms with Gasteiger partial charge < -0.3 is 10.1 Å². The molecular formula is C14H18ClF2NO. The van der Waals surface area contributed by atoms with E-state index in [0.717, 1.165) is 18.9 Å². The van der Waals surface area contributed by atoms with Crippen molar-refractivity contribution in [2.75, 3.05) is 0 Å². The highest BCUT2D eigenvalue weighted by molar-refractivity contribution is 5.85. The number of nitrogens with one attached hydrogen (secondary N) is 1. The van der Waals surface area contributed by atoms with E-state index < -0.39 is 11.6 Å². The second-order valence-electron chi connectivity index (χ2n) is 5.29. The van der Waals surface area contributed by atoms with Crippen molar-refractivity contribution < 1.29 is 13.5 Å². The Balaban J connectivity index is 0.00000133. The van der Waals surface area contributed by atoms with Crippen molar-refractivity contribution in [1.82, 2.24) is 5.32 Å². The highest BCUT2D eigenvalue weighted by atomic mass is 35.5. The summed E-state index contributed by atoms with van der Waals surface area (Å²) in [5.74, 6) is -1.61. The van der Waals surface area contributed by atoms with Crippen LogP contribution in [0.25, 0.3) is 0 Å². The lowest BCUT2D eigenvalue weighted by atomic mass is 10.0. The molecule has 19 heavy (non-hydrogen) atoms. The number of hydrogen-bond acceptors (Lipinski definition) is 2. The van der Waals surface area contributed by atoms with Gasteiger partial charge in [-0.15, -0.1) is 12.4 Å². The van der Waals surface area contributed by atoms with Crippen LogP contribution in [0, 0.1) is 11.6 Å². The van der Waals surface area contributed by atoms with E-state index in [0.29, 0.717) is 24.3 Å². The zero-order valence-corrected chi connectivity index (χ0v) is 11.4. The van der Waals surface area contributed by atoms with Crippen molar-refractivity contribution >= 4 is 12.4 Å². The molecular weight excluding hydrogens is 272 g/mol. The average Bonchev–Trinajstić information content (AvgIpc) is 2.70. The molecule has 1 aromatic rings. The summed E-state index contributed by atoms with van der Waals surface area (Å²) in [4.78, 5) is 0. The SMILES string of the molecule is Cl.Fc1ccc(COC2C[C@H]3CC[C@@H](C2)N3)cc1F. The third-order valence-electron chi connectivity index (χ3n) is 3.90. The summed E-state index contributed by atoms with van der Waals surface area (Å²) in [6.07, 6.45) is 4.77. The molecule has 0 saturated carbocycles. The van der Waals surface area contributed by atoms with Crippen molar-refractivity contribution in [2.45, 2.75) is 50.5 Å². The van der Waals surface area contributed by atoms with Gasteiger partial charge in [0.2, 0.25) is 0 Å². The first-order valence-corrected chi connectivity index (χ1v) is 6.52. The van der Waals surface area contributed by atoms with E-state index in [1.807, 2.05) is 0 Å². The first kappa shape index (κ1) is 14.7. The molecule has 2 nitrogen and oxygen atoms in total. The zero-order valence-electron chi connectivity index (χ0n) is 10.6. The largest absolute Gasteiger partial charge is 0.373 e. The Morgan fingerprint density at radius 2 is 1.79 bits per heavy atom. The van der Waals surface area contributed by atoms with Crippen molar-refractivity contribution in [1.29, 1.82) is 0 Å². The summed E-state index contributed by atoms with van der Waals surface area (Å²) in [5, 5.41) is 3.55. The molecule has 3 rings (SSSR count). The second-order valence-corrected chi connectivity index (χ2v) is 5.29. The Morgan fingerprint density at radius 3 is 2.42 bits per heavy atom. The molecule has 0 aromatic heterocycles. The maximum atomic E-state index is 13.0. The topological polar surface area (TPSA) is 21.3 Å². The molecule has 0 amide bonds. The van der Waals surface area contributed by atoms with Crippen LogP contribution in [0.2, 0.25) is 0 Å². The molecule has 2 saturated heterocycles. The third-order valence-corrected chi connectivity index (χ3v) is 3.90. The summed E-state index contributed by atoms with van der Waals surface area (Å²) in [5.41, 5.74) is 0.694. The first-order chi connectivity index (χ1) is 8.70. The van der Waals surface area contributed by atoms with Crippen LogP contribution in [0.4, 0.5) is 8.78 Å². The fourth-order valence-electron chi connectivity index (χ4n) is 2.98. The molecule has 0 spiro atoms. The molecule has 1 aromatic carbocycles. The smallest absolute Gasteiger partial charge is 0.159 e. The maximum Gasteiger partial charge on any atom is 0.159 e. The Labute approximate surface area is 117 Å². The van der Waals surface area contributed by atoms with Crippen LogP contribution in [0.3, 0.4) is 0 Å². The Kier molecular flexibility index (Phi) is 4.76. The van der Waals surface area contributed by atoms with E-state index in [2.05, 4.69) is 5.32 Å². The van der Waals surface area contributed by atoms with Crippen molar-refractivity contribution in [3.05, 3.63) is 35.4 Å². The van der Waals surface area contributed by atoms with E-state index in [1.165, 1.54) is 18.9 Å². The van der Waals surface area contributed by atoms with Gasteiger partial charge in [0.1, 0.15) is 0 Å². The van der Waals surface area contributed by atoms with Gasteiger partial charge in [0, 0.05) is 12.1 Å². The van der Waals surface area contributed by atoms with Gasteiger partial charge in [0.25, 0.3) is 0 Å². The summed E-state index contributed by atoms with van der Waals surface area (Å²) in [6, 6.07) is 5.11. The maximum absolute atomic E-state index is 13.0. The van der Waals surface area contributed by atoms with E-state index in [-0.39, 0.29) is 18.5 Å². The van der Waals surface area contributed by atoms with Gasteiger partial charge in [-0.25, -0.2) is 8.78 Å². The molecule has 2 bridgehead atoms. The monoisotopic (exact) mass is 289 g/mol. The lowest BCUT2D eigenvalue weighted by molar-refractivity contribution is 0.00904. The number of halogens is 3. The number of fused-ring (bicyclic) bond motifs is 2. The van der Waals surface area contributed by atoms with Crippen LogP contribution < -0.4 is 5.32 Å². The molecule has 3 atom stereocenters. The van der Waals surface area contributed by atoms with Crippen molar-refractivity contribution in [2.24, 2.45) is 0 Å². The molecule has 1 unspecified atom stereocenters. The molecule has 1 N–H and O–H groups in total. The van der Waals surface area contributed by atoms with Crippen LogP contribution in [0.1, 0.15) is 31.2 Å². The standard InChI is InChI=1S/C14H17F2NO.ClH/c15-13-4-1-9(5-14(13)16)8-18-12-6-10-2-3-11(7-12)17-10;/h1,4-5,10-12,17H,2-3,6-8H2;1H/t10-,11+,12?;. The zero-order chi connectivity index (χ0) is 12.5. The van der Waals surface area contributed by atoms with Crippen LogP contribution in [-0.4, -0.2) is 18.2 Å². The van der Waals surface area contributed by atoms with Crippen LogP contribution in [0.15, 0.2) is 18.2 Å². The molecule has 0 aliphatic carbocycles. The van der Waals surface area contributed by atoms with Crippen molar-refractivity contribution in [3.63, 3.8) is 0 Å². The molecule has 106 valence electrons. The molecule has 5 heteroatoms. The van der Waals surface area contributed by atoms with E-state index >= 15 is 0 Å². The van der Waals surface area contributed by atoms with Gasteiger partial charge in [-0.2, -0.15) is 0 Å². The third kappa shape index (κ3) is 3.44. The van der Waals surface area contributed by atoms with Gasteiger partial charge in [-0.05, 0) is 43.4 Å². The van der Waals surface area contributed by atoms with Gasteiger partial charge in [0.05, 0.1) is 12.7 Å². The Hall–Kier alpha value is -0.710. The minimum Gasteiger partial charge on any atom is -0.373 e. The van der Waals surface area contributed by atoms with E-state index in [4.69, 9.17) is 4.74 Å². The highest BCUT2D eigenvalue weighted by Crippen LogP contribution is 2.29. The number of benzene rings is 1. The van der Waals surface area contributed by atoms with Crippen LogP contribution in [-0.2, 0) is 11.3 Å². The number of hydrogen-bond donors (Lipinski definition) is 1. The molecule has 0 radical (unpaired) electrons. The van der Waals surface area contributed by atoms with Gasteiger partial charge in [-0.3, -0.25) is 0 Å². The first-order valence-electron chi connectivity index (χ1n) is 6.52. The van der Waals surface area contributed by atoms with Crippen LogP contribution in [0.5, 0.6) is 0 Å². The number of ether oxygens (including phenoxy) is 1. The Morgan fingerprint density at radius 1 is 1.11 bits per heavy atom. The molecule has 2 aliphatic heterocycles. The van der Waals surface area contributed by atoms with E-state index in [9.17, 15) is 8.78 Å². The summed E-state index contributed by atoms with van der Waals surface area (Å²) < 4.78 is 31.6. The minimum atomic E-state index is -0.807. The lowest BCUT2D eigenvalue weighted by Crippen LogP contribution is -2.41. The summed E-state index contributed by atoms with van der Waals surface area (Å²) >= 11 is 0. The number of piperidine rings is 1. The predicted octanol–water partition coefficient (Wildman–Crippen LogP) is 3.19. The quantitative estimate of drug-likeness (QED) is 0.923. The summed E-state index contributed by atoms with van der Waals surface area (Å²) in [7, 11) is 0. The normalized spacial score (nSPS) is 29.1. The lowest BCUT2D eigenvalue weighted by Gasteiger charge is -2.29. The summed E-state index contributed by atoms with van der Waals surface area (Å²) in [6.45, 7) is 0.362. The average molecular weight is 290 g/mol. The second kappa shape index (κ2) is 6.16. The minimum absolute atomic E-state index is 0. The molecule has 2 aliphatic rings. The molecule has 2 fully saturated rings. The fraction of sp³-hybridized carbons (Fsp3) is 0.571. The predicted molar refractivity (Wildman–Crippen MR) is 71.4 cm³/mol. The van der Waals surface area contributed by atoms with Gasteiger partial charge in [-0.1, -0.05) is 6.07 Å². The van der Waals surface area contributed by atoms with Crippen molar-refractivity contribution in [3.8, 4) is 0 Å². The van der Waals surface area contributed by atoms with Crippen LogP contribution >= 0.6 is 12.4 Å². The van der Waals surface area contributed by atoms with E-state index in [1.54, 1.807) is 6.07 Å². The number of rotatable bonds is 3.